The standard InChI is InChI=1S/C21H22N2O2/c1-24-19-11-7-10-18(16-23-20-12-5-6-14-22-20)21(19)25-15-13-17-8-3-2-4-9-17/h2-12,14H,13,15-16H2,1H3,(H,22,23). The van der Waals surface area contributed by atoms with Gasteiger partial charge in [-0.2, -0.15) is 0 Å². The molecule has 0 spiro atoms. The molecule has 0 saturated heterocycles. The highest BCUT2D eigenvalue weighted by Gasteiger charge is 2.11. The molecule has 4 nitrogen and oxygen atoms in total. The number of para-hydroxylation sites is 1. The van der Waals surface area contributed by atoms with Gasteiger partial charge in [0.15, 0.2) is 11.5 Å². The lowest BCUT2D eigenvalue weighted by molar-refractivity contribution is 0.295. The van der Waals surface area contributed by atoms with Gasteiger partial charge in [0.25, 0.3) is 0 Å². The lowest BCUT2D eigenvalue weighted by Crippen LogP contribution is -2.08. The predicted molar refractivity (Wildman–Crippen MR) is 100 cm³/mol. The highest BCUT2D eigenvalue weighted by atomic mass is 16.5. The average molecular weight is 334 g/mol. The van der Waals surface area contributed by atoms with Crippen LogP contribution in [0.25, 0.3) is 0 Å². The largest absolute Gasteiger partial charge is 0.493 e. The van der Waals surface area contributed by atoms with Crippen molar-refractivity contribution in [2.45, 2.75) is 13.0 Å². The number of nitrogens with zero attached hydrogens (tertiary/aromatic N) is 1. The molecule has 1 heterocycles. The first kappa shape index (κ1) is 16.8. The van der Waals surface area contributed by atoms with Crippen LogP contribution in [0.5, 0.6) is 11.5 Å². The van der Waals surface area contributed by atoms with Crippen LogP contribution >= 0.6 is 0 Å². The van der Waals surface area contributed by atoms with Gasteiger partial charge in [-0.3, -0.25) is 0 Å². The van der Waals surface area contributed by atoms with E-state index in [0.29, 0.717) is 13.2 Å². The Balaban J connectivity index is 1.68. The Labute approximate surface area is 148 Å². The number of methoxy groups -OCH3 is 1. The minimum atomic E-state index is 0.598. The second kappa shape index (κ2) is 8.73. The first-order valence-corrected chi connectivity index (χ1v) is 8.34. The maximum Gasteiger partial charge on any atom is 0.166 e. The van der Waals surface area contributed by atoms with E-state index in [4.69, 9.17) is 9.47 Å². The number of hydrogen-bond donors (Lipinski definition) is 1. The van der Waals surface area contributed by atoms with E-state index in [1.807, 2.05) is 54.6 Å². The fourth-order valence-electron chi connectivity index (χ4n) is 2.59. The van der Waals surface area contributed by atoms with Crippen LogP contribution in [0.4, 0.5) is 5.82 Å². The number of aromatic nitrogens is 1. The Hall–Kier alpha value is -3.01. The number of hydrogen-bond acceptors (Lipinski definition) is 4. The van der Waals surface area contributed by atoms with Crippen molar-refractivity contribution in [3.63, 3.8) is 0 Å². The first-order chi connectivity index (χ1) is 12.4. The number of benzene rings is 2. The summed E-state index contributed by atoms with van der Waals surface area (Å²) in [4.78, 5) is 4.28. The molecule has 0 bridgehead atoms. The molecule has 25 heavy (non-hydrogen) atoms. The average Bonchev–Trinajstić information content (AvgIpc) is 2.68. The van der Waals surface area contributed by atoms with Crippen molar-refractivity contribution in [1.29, 1.82) is 0 Å². The Morgan fingerprint density at radius 2 is 1.76 bits per heavy atom. The normalized spacial score (nSPS) is 10.3. The SMILES string of the molecule is COc1cccc(CNc2ccccn2)c1OCCc1ccccc1. The van der Waals surface area contributed by atoms with Gasteiger partial charge in [0, 0.05) is 24.7 Å². The zero-order chi connectivity index (χ0) is 17.3. The van der Waals surface area contributed by atoms with Crippen molar-refractivity contribution in [3.05, 3.63) is 84.1 Å². The molecular weight excluding hydrogens is 312 g/mol. The number of ether oxygens (including phenoxy) is 2. The van der Waals surface area contributed by atoms with Gasteiger partial charge in [-0.05, 0) is 23.8 Å². The Bertz CT molecular complexity index is 776. The molecule has 0 unspecified atom stereocenters. The van der Waals surface area contributed by atoms with E-state index in [9.17, 15) is 0 Å². The third-order valence-electron chi connectivity index (χ3n) is 3.89. The Kier molecular flexibility index (Phi) is 5.88. The van der Waals surface area contributed by atoms with Crippen LogP contribution in [-0.2, 0) is 13.0 Å². The smallest absolute Gasteiger partial charge is 0.166 e. The molecule has 128 valence electrons. The van der Waals surface area contributed by atoms with Crippen molar-refractivity contribution in [1.82, 2.24) is 4.98 Å². The molecule has 1 N–H and O–H groups in total. The summed E-state index contributed by atoms with van der Waals surface area (Å²) in [5, 5.41) is 3.31. The molecule has 0 aliphatic carbocycles. The molecular formula is C21H22N2O2. The zero-order valence-corrected chi connectivity index (χ0v) is 14.3. The number of anilines is 1. The maximum atomic E-state index is 6.07. The number of nitrogens with one attached hydrogen (secondary N) is 1. The van der Waals surface area contributed by atoms with Gasteiger partial charge in [0.2, 0.25) is 0 Å². The van der Waals surface area contributed by atoms with Gasteiger partial charge in [-0.15, -0.1) is 0 Å². The monoisotopic (exact) mass is 334 g/mol. The van der Waals surface area contributed by atoms with Gasteiger partial charge < -0.3 is 14.8 Å². The first-order valence-electron chi connectivity index (χ1n) is 8.34. The summed E-state index contributed by atoms with van der Waals surface area (Å²) >= 11 is 0. The molecule has 0 aliphatic rings. The van der Waals surface area contributed by atoms with Crippen molar-refractivity contribution < 1.29 is 9.47 Å². The molecule has 0 saturated carbocycles. The summed E-state index contributed by atoms with van der Waals surface area (Å²) < 4.78 is 11.5. The molecule has 0 atom stereocenters. The topological polar surface area (TPSA) is 43.4 Å². The van der Waals surface area contributed by atoms with E-state index in [1.165, 1.54) is 5.56 Å². The summed E-state index contributed by atoms with van der Waals surface area (Å²) in [5.74, 6) is 2.36. The zero-order valence-electron chi connectivity index (χ0n) is 14.3. The van der Waals surface area contributed by atoms with Crippen LogP contribution in [0.3, 0.4) is 0 Å². The third kappa shape index (κ3) is 4.73. The summed E-state index contributed by atoms with van der Waals surface area (Å²) in [7, 11) is 1.66. The highest BCUT2D eigenvalue weighted by molar-refractivity contribution is 5.48. The summed E-state index contributed by atoms with van der Waals surface area (Å²) in [6.45, 7) is 1.22. The predicted octanol–water partition coefficient (Wildman–Crippen LogP) is 4.32. The summed E-state index contributed by atoms with van der Waals surface area (Å²) in [5.41, 5.74) is 2.30. The summed E-state index contributed by atoms with van der Waals surface area (Å²) in [6.07, 6.45) is 2.62. The van der Waals surface area contributed by atoms with E-state index in [-0.39, 0.29) is 0 Å². The van der Waals surface area contributed by atoms with Crippen molar-refractivity contribution in [2.75, 3.05) is 19.0 Å². The van der Waals surface area contributed by atoms with E-state index >= 15 is 0 Å². The fourth-order valence-corrected chi connectivity index (χ4v) is 2.59. The van der Waals surface area contributed by atoms with E-state index in [1.54, 1.807) is 13.3 Å². The van der Waals surface area contributed by atoms with Crippen molar-refractivity contribution in [3.8, 4) is 11.5 Å². The summed E-state index contributed by atoms with van der Waals surface area (Å²) in [6, 6.07) is 22.0. The van der Waals surface area contributed by atoms with Crippen LogP contribution < -0.4 is 14.8 Å². The molecule has 3 aromatic rings. The molecule has 0 aliphatic heterocycles. The van der Waals surface area contributed by atoms with Crippen LogP contribution in [-0.4, -0.2) is 18.7 Å². The minimum absolute atomic E-state index is 0.598. The van der Waals surface area contributed by atoms with Crippen LogP contribution in [0.2, 0.25) is 0 Å². The second-order valence-corrected chi connectivity index (χ2v) is 5.60. The molecule has 3 rings (SSSR count). The Morgan fingerprint density at radius 1 is 0.920 bits per heavy atom. The molecule has 0 amide bonds. The Morgan fingerprint density at radius 3 is 2.52 bits per heavy atom. The van der Waals surface area contributed by atoms with Gasteiger partial charge in [-0.25, -0.2) is 4.98 Å². The number of pyridine rings is 1. The quantitative estimate of drug-likeness (QED) is 0.666. The van der Waals surface area contributed by atoms with Gasteiger partial charge in [0.1, 0.15) is 5.82 Å². The van der Waals surface area contributed by atoms with Crippen molar-refractivity contribution >= 4 is 5.82 Å². The molecule has 2 aromatic carbocycles. The van der Waals surface area contributed by atoms with Crippen molar-refractivity contribution in [2.24, 2.45) is 0 Å². The molecule has 0 radical (unpaired) electrons. The molecule has 4 heteroatoms. The van der Waals surface area contributed by atoms with Crippen LogP contribution in [0, 0.1) is 0 Å². The lowest BCUT2D eigenvalue weighted by Gasteiger charge is -2.16. The fraction of sp³-hybridized carbons (Fsp3) is 0.190. The molecule has 0 fully saturated rings. The van der Waals surface area contributed by atoms with Crippen LogP contribution in [0.1, 0.15) is 11.1 Å². The van der Waals surface area contributed by atoms with Gasteiger partial charge in [0.05, 0.1) is 13.7 Å². The minimum Gasteiger partial charge on any atom is -0.493 e. The van der Waals surface area contributed by atoms with E-state index in [0.717, 1.165) is 29.3 Å². The molecule has 1 aromatic heterocycles. The highest BCUT2D eigenvalue weighted by Crippen LogP contribution is 2.31. The lowest BCUT2D eigenvalue weighted by atomic mass is 10.1. The van der Waals surface area contributed by atoms with E-state index in [2.05, 4.69) is 22.4 Å². The second-order valence-electron chi connectivity index (χ2n) is 5.60. The number of rotatable bonds is 8. The van der Waals surface area contributed by atoms with Gasteiger partial charge in [-0.1, -0.05) is 48.5 Å². The van der Waals surface area contributed by atoms with E-state index < -0.39 is 0 Å². The van der Waals surface area contributed by atoms with Crippen LogP contribution in [0.15, 0.2) is 72.9 Å². The van der Waals surface area contributed by atoms with Gasteiger partial charge >= 0.3 is 0 Å². The maximum absolute atomic E-state index is 6.07. The third-order valence-corrected chi connectivity index (χ3v) is 3.89.